The molecule has 0 unspecified atom stereocenters. The molecule has 2 aliphatic rings. The lowest BCUT2D eigenvalue weighted by atomic mass is 9.78. The maximum atomic E-state index is 10.2. The first-order valence-electron chi connectivity index (χ1n) is 6.46. The summed E-state index contributed by atoms with van der Waals surface area (Å²) < 4.78 is 11.1. The Bertz CT molecular complexity index is 315. The van der Waals surface area contributed by atoms with Gasteiger partial charge in [0, 0.05) is 25.2 Å². The summed E-state index contributed by atoms with van der Waals surface area (Å²) in [6.45, 7) is 1.08. The van der Waals surface area contributed by atoms with Gasteiger partial charge < -0.3 is 19.7 Å². The molecule has 0 aromatic heterocycles. The van der Waals surface area contributed by atoms with Crippen LogP contribution in [0.5, 0.6) is 0 Å². The average molecular weight is 256 g/mol. The van der Waals surface area contributed by atoms with Crippen LogP contribution in [0.25, 0.3) is 0 Å². The van der Waals surface area contributed by atoms with E-state index in [-0.39, 0.29) is 24.7 Å². The van der Waals surface area contributed by atoms with Crippen molar-refractivity contribution in [3.8, 4) is 0 Å². The first kappa shape index (κ1) is 13.5. The van der Waals surface area contributed by atoms with Crippen molar-refractivity contribution >= 4 is 5.97 Å². The fourth-order valence-corrected chi connectivity index (χ4v) is 3.04. The van der Waals surface area contributed by atoms with Gasteiger partial charge in [-0.1, -0.05) is 6.08 Å². The van der Waals surface area contributed by atoms with Gasteiger partial charge in [-0.2, -0.15) is 0 Å². The molecule has 2 saturated heterocycles. The summed E-state index contributed by atoms with van der Waals surface area (Å²) in [6.07, 6.45) is 6.11. The minimum absolute atomic E-state index is 0.185. The van der Waals surface area contributed by atoms with Gasteiger partial charge in [-0.25, -0.2) is 4.79 Å². The zero-order valence-electron chi connectivity index (χ0n) is 10.3. The summed E-state index contributed by atoms with van der Waals surface area (Å²) in [7, 11) is 0. The monoisotopic (exact) mass is 256 g/mol. The molecule has 5 heteroatoms. The van der Waals surface area contributed by atoms with Crippen molar-refractivity contribution in [2.75, 3.05) is 19.8 Å². The van der Waals surface area contributed by atoms with E-state index in [0.717, 1.165) is 25.3 Å². The van der Waals surface area contributed by atoms with Gasteiger partial charge in [0.15, 0.2) is 0 Å². The van der Waals surface area contributed by atoms with Crippen LogP contribution in [0, 0.1) is 11.8 Å². The zero-order valence-corrected chi connectivity index (χ0v) is 10.3. The molecule has 0 aromatic carbocycles. The van der Waals surface area contributed by atoms with Crippen molar-refractivity contribution in [2.45, 2.75) is 31.5 Å². The Labute approximate surface area is 106 Å². The van der Waals surface area contributed by atoms with Gasteiger partial charge in [0.2, 0.25) is 0 Å². The van der Waals surface area contributed by atoms with Crippen LogP contribution in [-0.4, -0.2) is 48.2 Å². The summed E-state index contributed by atoms with van der Waals surface area (Å²) in [5.74, 6) is -0.320. The maximum absolute atomic E-state index is 10.2. The number of aliphatic hydroxyl groups excluding tert-OH is 1. The summed E-state index contributed by atoms with van der Waals surface area (Å²) in [5.41, 5.74) is 0. The lowest BCUT2D eigenvalue weighted by Crippen LogP contribution is -2.30. The Kier molecular flexibility index (Phi) is 4.74. The molecule has 0 spiro atoms. The number of hydrogen-bond acceptors (Lipinski definition) is 4. The van der Waals surface area contributed by atoms with Crippen LogP contribution in [0.2, 0.25) is 0 Å². The van der Waals surface area contributed by atoms with Crippen molar-refractivity contribution in [3.05, 3.63) is 12.2 Å². The molecule has 2 fully saturated rings. The molecule has 2 rings (SSSR count). The normalized spacial score (nSPS) is 34.5. The number of rotatable bonds is 7. The molecule has 5 nitrogen and oxygen atoms in total. The second-order valence-electron chi connectivity index (χ2n) is 4.90. The summed E-state index contributed by atoms with van der Waals surface area (Å²) >= 11 is 0. The largest absolute Gasteiger partial charge is 0.478 e. The SMILES string of the molecule is O=C(O)/C=C/COCC[C@@H]1[C@H](CO)[C@@H]2CC[C@H]1O2. The van der Waals surface area contributed by atoms with E-state index in [2.05, 4.69) is 0 Å². The first-order valence-corrected chi connectivity index (χ1v) is 6.46. The molecule has 0 aromatic rings. The third kappa shape index (κ3) is 3.10. The summed E-state index contributed by atoms with van der Waals surface area (Å²) in [4.78, 5) is 10.2. The fourth-order valence-electron chi connectivity index (χ4n) is 3.04. The van der Waals surface area contributed by atoms with E-state index in [1.807, 2.05) is 0 Å². The lowest BCUT2D eigenvalue weighted by molar-refractivity contribution is -0.131. The van der Waals surface area contributed by atoms with Crippen LogP contribution in [-0.2, 0) is 14.3 Å². The molecule has 0 saturated carbocycles. The van der Waals surface area contributed by atoms with Crippen molar-refractivity contribution < 1.29 is 24.5 Å². The van der Waals surface area contributed by atoms with E-state index in [4.69, 9.17) is 14.6 Å². The van der Waals surface area contributed by atoms with Crippen LogP contribution >= 0.6 is 0 Å². The highest BCUT2D eigenvalue weighted by atomic mass is 16.5. The number of aliphatic carboxylic acids is 1. The van der Waals surface area contributed by atoms with Gasteiger partial charge >= 0.3 is 5.97 Å². The Hall–Kier alpha value is -0.910. The molecule has 0 radical (unpaired) electrons. The Morgan fingerprint density at radius 1 is 1.33 bits per heavy atom. The van der Waals surface area contributed by atoms with E-state index in [1.54, 1.807) is 0 Å². The number of carboxylic acid groups (broad SMARTS) is 1. The van der Waals surface area contributed by atoms with Gasteiger partial charge in [-0.3, -0.25) is 0 Å². The lowest BCUT2D eigenvalue weighted by Gasteiger charge is -2.26. The molecule has 2 bridgehead atoms. The van der Waals surface area contributed by atoms with Crippen LogP contribution in [0.1, 0.15) is 19.3 Å². The van der Waals surface area contributed by atoms with Crippen LogP contribution in [0.3, 0.4) is 0 Å². The van der Waals surface area contributed by atoms with E-state index in [9.17, 15) is 9.90 Å². The quantitative estimate of drug-likeness (QED) is 0.521. The minimum atomic E-state index is -0.958. The molecular formula is C13H20O5. The third-order valence-corrected chi connectivity index (χ3v) is 3.87. The molecule has 2 aliphatic heterocycles. The summed E-state index contributed by atoms with van der Waals surface area (Å²) in [6, 6.07) is 0. The number of carboxylic acids is 1. The topological polar surface area (TPSA) is 76.0 Å². The predicted molar refractivity (Wildman–Crippen MR) is 64.2 cm³/mol. The molecule has 18 heavy (non-hydrogen) atoms. The van der Waals surface area contributed by atoms with Crippen molar-refractivity contribution in [1.82, 2.24) is 0 Å². The first-order chi connectivity index (χ1) is 8.72. The minimum Gasteiger partial charge on any atom is -0.478 e. The molecule has 102 valence electrons. The standard InChI is InChI=1S/C13H20O5/c14-8-10-9(11-3-4-12(10)18-11)5-7-17-6-1-2-13(15)16/h1-2,9-12,14H,3-8H2,(H,15,16)/b2-1+/t9-,10+,11-,12+/m1/s1. The molecule has 2 N–H and O–H groups in total. The van der Waals surface area contributed by atoms with Gasteiger partial charge in [0.25, 0.3) is 0 Å². The second-order valence-corrected chi connectivity index (χ2v) is 4.90. The second kappa shape index (κ2) is 6.31. The molecule has 4 atom stereocenters. The average Bonchev–Trinajstić information content (AvgIpc) is 2.93. The summed E-state index contributed by atoms with van der Waals surface area (Å²) in [5, 5.41) is 17.8. The zero-order chi connectivity index (χ0) is 13.0. The smallest absolute Gasteiger partial charge is 0.328 e. The molecule has 2 heterocycles. The number of carbonyl (C=O) groups is 1. The fraction of sp³-hybridized carbons (Fsp3) is 0.769. The Morgan fingerprint density at radius 2 is 2.06 bits per heavy atom. The highest BCUT2D eigenvalue weighted by molar-refractivity contribution is 5.79. The van der Waals surface area contributed by atoms with Gasteiger partial charge in [0.1, 0.15) is 0 Å². The number of hydrogen-bond donors (Lipinski definition) is 2. The van der Waals surface area contributed by atoms with Crippen LogP contribution in [0.4, 0.5) is 0 Å². The molecule has 0 amide bonds. The highest BCUT2D eigenvalue weighted by Crippen LogP contribution is 2.44. The van der Waals surface area contributed by atoms with Crippen molar-refractivity contribution in [1.29, 1.82) is 0 Å². The van der Waals surface area contributed by atoms with Crippen LogP contribution in [0.15, 0.2) is 12.2 Å². The number of fused-ring (bicyclic) bond motifs is 2. The van der Waals surface area contributed by atoms with Gasteiger partial charge in [-0.15, -0.1) is 0 Å². The maximum Gasteiger partial charge on any atom is 0.328 e. The van der Waals surface area contributed by atoms with Crippen molar-refractivity contribution in [3.63, 3.8) is 0 Å². The predicted octanol–water partition coefficient (Wildman–Crippen LogP) is 0.820. The Balaban J connectivity index is 1.66. The third-order valence-electron chi connectivity index (χ3n) is 3.87. The van der Waals surface area contributed by atoms with E-state index >= 15 is 0 Å². The Morgan fingerprint density at radius 3 is 2.72 bits per heavy atom. The van der Waals surface area contributed by atoms with E-state index in [0.29, 0.717) is 19.1 Å². The van der Waals surface area contributed by atoms with Gasteiger partial charge in [0.05, 0.1) is 18.8 Å². The van der Waals surface area contributed by atoms with E-state index < -0.39 is 5.97 Å². The van der Waals surface area contributed by atoms with Crippen LogP contribution < -0.4 is 0 Å². The van der Waals surface area contributed by atoms with Crippen molar-refractivity contribution in [2.24, 2.45) is 11.8 Å². The number of ether oxygens (including phenoxy) is 2. The highest BCUT2D eigenvalue weighted by Gasteiger charge is 2.47. The number of aliphatic hydroxyl groups is 1. The van der Waals surface area contributed by atoms with Gasteiger partial charge in [-0.05, 0) is 25.2 Å². The molecular weight excluding hydrogens is 236 g/mol. The van der Waals surface area contributed by atoms with E-state index in [1.165, 1.54) is 6.08 Å². The molecule has 0 aliphatic carbocycles.